The summed E-state index contributed by atoms with van der Waals surface area (Å²) in [6, 6.07) is 0. The molecular weight excluding hydrogens is 260 g/mol. The molecule has 0 bridgehead atoms. The van der Waals surface area contributed by atoms with Gasteiger partial charge in [-0.15, -0.1) is 0 Å². The largest absolute Gasteiger partial charge is 0.367 e. The van der Waals surface area contributed by atoms with Crippen LogP contribution in [-0.4, -0.2) is 18.0 Å². The first-order valence-corrected chi connectivity index (χ1v) is 8.53. The SMILES string of the molecule is C/C=C1\C([C@@]2(C)CCCC(C)(C)C2)=CC[C@H]2CO[C@H](O)[C@@H]12. The fourth-order valence-electron chi connectivity index (χ4n) is 5.21. The van der Waals surface area contributed by atoms with Gasteiger partial charge in [0.15, 0.2) is 6.29 Å². The van der Waals surface area contributed by atoms with Crippen molar-refractivity contribution < 1.29 is 9.84 Å². The summed E-state index contributed by atoms with van der Waals surface area (Å²) < 4.78 is 5.52. The van der Waals surface area contributed by atoms with Crippen molar-refractivity contribution in [1.29, 1.82) is 0 Å². The van der Waals surface area contributed by atoms with Crippen LogP contribution in [0.15, 0.2) is 23.3 Å². The van der Waals surface area contributed by atoms with E-state index < -0.39 is 6.29 Å². The highest BCUT2D eigenvalue weighted by Gasteiger charge is 2.47. The molecule has 0 spiro atoms. The molecule has 2 fully saturated rings. The molecule has 0 unspecified atom stereocenters. The predicted octanol–water partition coefficient (Wildman–Crippen LogP) is 4.45. The van der Waals surface area contributed by atoms with Gasteiger partial charge in [-0.3, -0.25) is 0 Å². The molecule has 2 aliphatic carbocycles. The lowest BCUT2D eigenvalue weighted by Crippen LogP contribution is -2.37. The molecule has 1 saturated carbocycles. The van der Waals surface area contributed by atoms with E-state index in [9.17, 15) is 5.11 Å². The van der Waals surface area contributed by atoms with Crippen molar-refractivity contribution in [3.8, 4) is 0 Å². The molecule has 2 heteroatoms. The average Bonchev–Trinajstić information content (AvgIpc) is 2.78. The predicted molar refractivity (Wildman–Crippen MR) is 85.8 cm³/mol. The molecule has 4 atom stereocenters. The van der Waals surface area contributed by atoms with Crippen LogP contribution < -0.4 is 0 Å². The minimum absolute atomic E-state index is 0.192. The molecule has 2 nitrogen and oxygen atoms in total. The van der Waals surface area contributed by atoms with E-state index in [2.05, 4.69) is 39.8 Å². The summed E-state index contributed by atoms with van der Waals surface area (Å²) in [4.78, 5) is 0. The number of ether oxygens (including phenoxy) is 1. The van der Waals surface area contributed by atoms with E-state index in [4.69, 9.17) is 4.74 Å². The minimum atomic E-state index is -0.606. The van der Waals surface area contributed by atoms with Crippen LogP contribution in [0.3, 0.4) is 0 Å². The Morgan fingerprint density at radius 2 is 2.05 bits per heavy atom. The van der Waals surface area contributed by atoms with E-state index in [-0.39, 0.29) is 11.3 Å². The van der Waals surface area contributed by atoms with E-state index in [1.807, 2.05) is 0 Å². The lowest BCUT2D eigenvalue weighted by molar-refractivity contribution is -0.0755. The van der Waals surface area contributed by atoms with E-state index in [0.29, 0.717) is 17.9 Å². The van der Waals surface area contributed by atoms with Crippen LogP contribution in [0.4, 0.5) is 0 Å². The summed E-state index contributed by atoms with van der Waals surface area (Å²) >= 11 is 0. The Bertz CT molecular complexity index is 474. The van der Waals surface area contributed by atoms with Gasteiger partial charge in [0.25, 0.3) is 0 Å². The molecule has 0 aromatic rings. The second-order valence-corrected chi connectivity index (χ2v) is 8.36. The first-order chi connectivity index (χ1) is 9.86. The van der Waals surface area contributed by atoms with Crippen LogP contribution in [0.1, 0.15) is 59.8 Å². The van der Waals surface area contributed by atoms with Crippen molar-refractivity contribution in [3.63, 3.8) is 0 Å². The minimum Gasteiger partial charge on any atom is -0.367 e. The lowest BCUT2D eigenvalue weighted by atomic mass is 9.57. The van der Waals surface area contributed by atoms with Gasteiger partial charge < -0.3 is 9.84 Å². The summed E-state index contributed by atoms with van der Waals surface area (Å²) in [5.74, 6) is 0.659. The van der Waals surface area contributed by atoms with Gasteiger partial charge in [-0.25, -0.2) is 0 Å². The Kier molecular flexibility index (Phi) is 3.82. The monoisotopic (exact) mass is 290 g/mol. The highest BCUT2D eigenvalue weighted by molar-refractivity contribution is 5.42. The summed E-state index contributed by atoms with van der Waals surface area (Å²) in [5.41, 5.74) is 3.55. The van der Waals surface area contributed by atoms with Crippen LogP contribution in [0.2, 0.25) is 0 Å². The highest BCUT2D eigenvalue weighted by Crippen LogP contribution is 2.55. The van der Waals surface area contributed by atoms with Gasteiger partial charge in [-0.2, -0.15) is 0 Å². The fraction of sp³-hybridized carbons (Fsp3) is 0.789. The van der Waals surface area contributed by atoms with Crippen molar-refractivity contribution in [2.24, 2.45) is 22.7 Å². The third-order valence-corrected chi connectivity index (χ3v) is 6.00. The molecule has 1 N–H and O–H groups in total. The Morgan fingerprint density at radius 1 is 1.29 bits per heavy atom. The van der Waals surface area contributed by atoms with Crippen molar-refractivity contribution in [3.05, 3.63) is 23.3 Å². The van der Waals surface area contributed by atoms with Crippen LogP contribution in [0.5, 0.6) is 0 Å². The van der Waals surface area contributed by atoms with Crippen molar-refractivity contribution >= 4 is 0 Å². The van der Waals surface area contributed by atoms with E-state index >= 15 is 0 Å². The second-order valence-electron chi connectivity index (χ2n) is 8.36. The zero-order valence-electron chi connectivity index (χ0n) is 14.0. The summed E-state index contributed by atoms with van der Waals surface area (Å²) in [5, 5.41) is 10.2. The summed E-state index contributed by atoms with van der Waals surface area (Å²) in [7, 11) is 0. The normalized spacial score (nSPS) is 44.5. The van der Waals surface area contributed by atoms with Crippen LogP contribution >= 0.6 is 0 Å². The Labute approximate surface area is 129 Å². The topological polar surface area (TPSA) is 29.5 Å². The zero-order valence-corrected chi connectivity index (χ0v) is 14.0. The number of hydrogen-bond acceptors (Lipinski definition) is 2. The number of rotatable bonds is 1. The van der Waals surface area contributed by atoms with Gasteiger partial charge in [-0.05, 0) is 60.5 Å². The van der Waals surface area contributed by atoms with Gasteiger partial charge in [0.1, 0.15) is 0 Å². The standard InChI is InChI=1S/C19H30O2/c1-5-14-15(8-7-13-11-21-17(20)16(13)14)19(4)10-6-9-18(2,3)12-19/h5,8,13,16-17,20H,6-7,9-12H2,1-4H3/b14-5+/t13-,16+,17-,19-/m0/s1. The molecule has 1 saturated heterocycles. The molecule has 0 aromatic carbocycles. The molecule has 0 aromatic heterocycles. The smallest absolute Gasteiger partial charge is 0.161 e. The maximum atomic E-state index is 10.2. The zero-order chi connectivity index (χ0) is 15.3. The molecule has 3 aliphatic rings. The molecule has 118 valence electrons. The molecule has 1 aliphatic heterocycles. The average molecular weight is 290 g/mol. The number of allylic oxidation sites excluding steroid dienone is 3. The first-order valence-electron chi connectivity index (χ1n) is 8.53. The highest BCUT2D eigenvalue weighted by atomic mass is 16.6. The first kappa shape index (κ1) is 15.3. The van der Waals surface area contributed by atoms with Crippen LogP contribution in [-0.2, 0) is 4.74 Å². The van der Waals surface area contributed by atoms with Gasteiger partial charge in [-0.1, -0.05) is 39.3 Å². The quantitative estimate of drug-likeness (QED) is 0.773. The molecule has 21 heavy (non-hydrogen) atoms. The third kappa shape index (κ3) is 2.61. The Hall–Kier alpha value is -0.600. The van der Waals surface area contributed by atoms with E-state index in [0.717, 1.165) is 6.42 Å². The number of hydrogen-bond donors (Lipinski definition) is 1. The lowest BCUT2D eigenvalue weighted by Gasteiger charge is -2.47. The van der Waals surface area contributed by atoms with Crippen molar-refractivity contribution in [1.82, 2.24) is 0 Å². The third-order valence-electron chi connectivity index (χ3n) is 6.00. The molecule has 0 amide bonds. The van der Waals surface area contributed by atoms with Crippen LogP contribution in [0.25, 0.3) is 0 Å². The van der Waals surface area contributed by atoms with Gasteiger partial charge in [0.2, 0.25) is 0 Å². The van der Waals surface area contributed by atoms with Crippen molar-refractivity contribution in [2.45, 2.75) is 66.1 Å². The molecule has 3 rings (SSSR count). The van der Waals surface area contributed by atoms with Gasteiger partial charge in [0.05, 0.1) is 6.61 Å². The molecule has 0 radical (unpaired) electrons. The second kappa shape index (κ2) is 5.24. The number of aliphatic hydroxyl groups is 1. The number of fused-ring (bicyclic) bond motifs is 1. The van der Waals surface area contributed by atoms with E-state index in [1.54, 1.807) is 0 Å². The van der Waals surface area contributed by atoms with E-state index in [1.165, 1.54) is 36.8 Å². The maximum absolute atomic E-state index is 10.2. The molecular formula is C19H30O2. The Balaban J connectivity index is 1.94. The van der Waals surface area contributed by atoms with Crippen molar-refractivity contribution in [2.75, 3.05) is 6.61 Å². The summed E-state index contributed by atoms with van der Waals surface area (Å²) in [6.45, 7) is 10.1. The van der Waals surface area contributed by atoms with Crippen LogP contribution in [0, 0.1) is 22.7 Å². The van der Waals surface area contributed by atoms with Gasteiger partial charge in [0, 0.05) is 5.92 Å². The Morgan fingerprint density at radius 3 is 2.71 bits per heavy atom. The maximum Gasteiger partial charge on any atom is 0.161 e. The summed E-state index contributed by atoms with van der Waals surface area (Å²) in [6.07, 6.45) is 10.3. The fourth-order valence-corrected chi connectivity index (χ4v) is 5.21. The van der Waals surface area contributed by atoms with Gasteiger partial charge >= 0.3 is 0 Å². The number of aliphatic hydroxyl groups excluding tert-OH is 1. The molecule has 1 heterocycles.